The third-order valence-corrected chi connectivity index (χ3v) is 3.79. The first-order valence-corrected chi connectivity index (χ1v) is 7.94. The number of carbonyl (C=O) groups is 1. The van der Waals surface area contributed by atoms with Crippen molar-refractivity contribution in [3.05, 3.63) is 70.3 Å². The average Bonchev–Trinajstić information content (AvgIpc) is 2.58. The molecule has 0 radical (unpaired) electrons. The van der Waals surface area contributed by atoms with Gasteiger partial charge >= 0.3 is 29.6 Å². The molecule has 0 amide bonds. The van der Waals surface area contributed by atoms with Crippen molar-refractivity contribution in [2.75, 3.05) is 7.11 Å². The molecule has 2 rings (SSSR count). The van der Waals surface area contributed by atoms with Gasteiger partial charge in [-0.15, -0.1) is 0 Å². The molecule has 0 atom stereocenters. The second-order valence-corrected chi connectivity index (χ2v) is 5.89. The van der Waals surface area contributed by atoms with Crippen molar-refractivity contribution < 1.29 is 49.3 Å². The van der Waals surface area contributed by atoms with Crippen molar-refractivity contribution in [3.63, 3.8) is 0 Å². The SMILES string of the molecule is COc1cc(/C=C/c2ccccc2)c(C(=O)[O-])c(O)c1CC=C(C)C.[Na+]. The Morgan fingerprint density at radius 1 is 1.19 bits per heavy atom. The fraction of sp³-hybridized carbons (Fsp3) is 0.190. The van der Waals surface area contributed by atoms with Gasteiger partial charge in [0.25, 0.3) is 0 Å². The quantitative estimate of drug-likeness (QED) is 0.461. The van der Waals surface area contributed by atoms with Crippen LogP contribution in [0.1, 0.15) is 40.9 Å². The Labute approximate surface area is 176 Å². The molecule has 0 bridgehead atoms. The Kier molecular flexibility index (Phi) is 8.66. The van der Waals surface area contributed by atoms with Crippen molar-refractivity contribution in [3.8, 4) is 11.5 Å². The van der Waals surface area contributed by atoms with Gasteiger partial charge < -0.3 is 19.7 Å². The van der Waals surface area contributed by atoms with E-state index in [0.29, 0.717) is 23.3 Å². The molecule has 0 aromatic heterocycles. The molecule has 4 nitrogen and oxygen atoms in total. The average molecular weight is 360 g/mol. The summed E-state index contributed by atoms with van der Waals surface area (Å²) >= 11 is 0. The van der Waals surface area contributed by atoms with Crippen LogP contribution in [0.4, 0.5) is 0 Å². The van der Waals surface area contributed by atoms with Crippen LogP contribution in [0.25, 0.3) is 12.2 Å². The van der Waals surface area contributed by atoms with Gasteiger partial charge in [-0.2, -0.15) is 0 Å². The molecule has 5 heteroatoms. The second kappa shape index (κ2) is 10.2. The van der Waals surface area contributed by atoms with Crippen LogP contribution >= 0.6 is 0 Å². The number of benzene rings is 2. The summed E-state index contributed by atoms with van der Waals surface area (Å²) in [4.78, 5) is 11.6. The maximum absolute atomic E-state index is 11.6. The maximum atomic E-state index is 11.6. The van der Waals surface area contributed by atoms with E-state index in [4.69, 9.17) is 4.74 Å². The number of ether oxygens (including phenoxy) is 1. The number of carboxylic acids is 1. The summed E-state index contributed by atoms with van der Waals surface area (Å²) in [5, 5.41) is 22.1. The molecule has 0 saturated heterocycles. The third kappa shape index (κ3) is 5.49. The predicted octanol–water partition coefficient (Wildman–Crippen LogP) is 0.447. The van der Waals surface area contributed by atoms with E-state index in [0.717, 1.165) is 11.1 Å². The molecule has 0 aliphatic rings. The molecule has 1 N–H and O–H groups in total. The minimum Gasteiger partial charge on any atom is -0.545 e. The first-order chi connectivity index (χ1) is 11.9. The van der Waals surface area contributed by atoms with E-state index in [1.165, 1.54) is 7.11 Å². The summed E-state index contributed by atoms with van der Waals surface area (Å²) in [7, 11) is 1.49. The minimum atomic E-state index is -1.42. The van der Waals surface area contributed by atoms with Crippen LogP contribution in [0.5, 0.6) is 11.5 Å². The fourth-order valence-corrected chi connectivity index (χ4v) is 2.49. The molecule has 0 fully saturated rings. The van der Waals surface area contributed by atoms with Crippen molar-refractivity contribution in [2.45, 2.75) is 20.3 Å². The first-order valence-electron chi connectivity index (χ1n) is 7.94. The van der Waals surface area contributed by atoms with Gasteiger partial charge in [0.2, 0.25) is 0 Å². The van der Waals surface area contributed by atoms with Gasteiger partial charge in [-0.1, -0.05) is 54.1 Å². The molecule has 0 saturated carbocycles. The van der Waals surface area contributed by atoms with E-state index in [9.17, 15) is 15.0 Å². The smallest absolute Gasteiger partial charge is 0.545 e. The molecule has 0 heterocycles. The monoisotopic (exact) mass is 360 g/mol. The topological polar surface area (TPSA) is 69.6 Å². The molecular formula is C21H21NaO4. The summed E-state index contributed by atoms with van der Waals surface area (Å²) in [6, 6.07) is 11.1. The fourth-order valence-electron chi connectivity index (χ4n) is 2.49. The third-order valence-electron chi connectivity index (χ3n) is 3.79. The number of methoxy groups -OCH3 is 1. The number of allylic oxidation sites excluding steroid dienone is 2. The summed E-state index contributed by atoms with van der Waals surface area (Å²) in [5.74, 6) is -1.30. The zero-order chi connectivity index (χ0) is 18.4. The van der Waals surface area contributed by atoms with E-state index in [2.05, 4.69) is 0 Å². The molecular weight excluding hydrogens is 339 g/mol. The summed E-state index contributed by atoms with van der Waals surface area (Å²) in [6.45, 7) is 3.86. The zero-order valence-corrected chi connectivity index (χ0v) is 17.6. The van der Waals surface area contributed by atoms with E-state index >= 15 is 0 Å². The van der Waals surface area contributed by atoms with Crippen molar-refractivity contribution in [2.24, 2.45) is 0 Å². The molecule has 2 aromatic rings. The summed E-state index contributed by atoms with van der Waals surface area (Å²) in [5.41, 5.74) is 2.51. The van der Waals surface area contributed by atoms with Crippen molar-refractivity contribution in [1.82, 2.24) is 0 Å². The minimum absolute atomic E-state index is 0. The van der Waals surface area contributed by atoms with Crippen LogP contribution < -0.4 is 39.4 Å². The predicted molar refractivity (Wildman–Crippen MR) is 97.5 cm³/mol. The Morgan fingerprint density at radius 2 is 1.85 bits per heavy atom. The number of carboxylic acid groups (broad SMARTS) is 1. The van der Waals surface area contributed by atoms with Crippen molar-refractivity contribution in [1.29, 1.82) is 0 Å². The number of aromatic hydroxyl groups is 1. The molecule has 0 unspecified atom stereocenters. The van der Waals surface area contributed by atoms with Gasteiger partial charge in [0.1, 0.15) is 11.5 Å². The molecule has 2 aromatic carbocycles. The molecule has 26 heavy (non-hydrogen) atoms. The number of carbonyl (C=O) groups excluding carboxylic acids is 1. The van der Waals surface area contributed by atoms with Crippen LogP contribution in [0.2, 0.25) is 0 Å². The van der Waals surface area contributed by atoms with Crippen LogP contribution in [0.15, 0.2) is 48.0 Å². The second-order valence-electron chi connectivity index (χ2n) is 5.89. The maximum Gasteiger partial charge on any atom is 1.00 e. The van der Waals surface area contributed by atoms with Gasteiger partial charge in [0.05, 0.1) is 13.1 Å². The van der Waals surface area contributed by atoms with Gasteiger partial charge in [0, 0.05) is 11.1 Å². The Balaban J connectivity index is 0.00000338. The van der Waals surface area contributed by atoms with Gasteiger partial charge in [0.15, 0.2) is 0 Å². The van der Waals surface area contributed by atoms with E-state index in [-0.39, 0.29) is 40.9 Å². The Bertz CT molecular complexity index is 820. The largest absolute Gasteiger partial charge is 1.00 e. The molecule has 0 aliphatic carbocycles. The van der Waals surface area contributed by atoms with Gasteiger partial charge in [-0.05, 0) is 37.5 Å². The first kappa shape index (κ1) is 22.0. The van der Waals surface area contributed by atoms with Gasteiger partial charge in [-0.25, -0.2) is 0 Å². The van der Waals surface area contributed by atoms with Crippen LogP contribution in [0.3, 0.4) is 0 Å². The Morgan fingerprint density at radius 3 is 2.38 bits per heavy atom. The number of aromatic carboxylic acids is 1. The van der Waals surface area contributed by atoms with E-state index in [1.54, 1.807) is 18.2 Å². The van der Waals surface area contributed by atoms with Crippen LogP contribution in [-0.4, -0.2) is 18.2 Å². The van der Waals surface area contributed by atoms with Gasteiger partial charge in [-0.3, -0.25) is 0 Å². The van der Waals surface area contributed by atoms with E-state index < -0.39 is 5.97 Å². The number of hydrogen-bond acceptors (Lipinski definition) is 4. The summed E-state index contributed by atoms with van der Waals surface area (Å²) in [6.07, 6.45) is 5.68. The van der Waals surface area contributed by atoms with Crippen molar-refractivity contribution >= 4 is 18.1 Å². The molecule has 130 valence electrons. The zero-order valence-electron chi connectivity index (χ0n) is 15.6. The summed E-state index contributed by atoms with van der Waals surface area (Å²) < 4.78 is 5.35. The van der Waals surface area contributed by atoms with E-state index in [1.807, 2.05) is 50.3 Å². The number of hydrogen-bond donors (Lipinski definition) is 1. The number of rotatable bonds is 6. The molecule has 0 spiro atoms. The Hall–Kier alpha value is -2.01. The normalized spacial score (nSPS) is 10.3. The number of phenols is 1. The van der Waals surface area contributed by atoms with Crippen LogP contribution in [0, 0.1) is 0 Å². The molecule has 0 aliphatic heterocycles. The standard InChI is InChI=1S/C21H22O4.Na/c1-14(2)9-12-17-18(25-3)13-16(19(20(17)22)21(23)24)11-10-15-7-5-4-6-8-15;/h4-11,13,22H,12H2,1-3H3,(H,23,24);/q;+1/p-1/b11-10+;. The van der Waals surface area contributed by atoms with Crippen LogP contribution in [-0.2, 0) is 6.42 Å².